The summed E-state index contributed by atoms with van der Waals surface area (Å²) in [6.45, 7) is 1.65. The van der Waals surface area contributed by atoms with E-state index in [0.29, 0.717) is 25.5 Å². The van der Waals surface area contributed by atoms with Gasteiger partial charge in [-0.3, -0.25) is 19.7 Å². The molecule has 1 atom stereocenters. The van der Waals surface area contributed by atoms with Crippen LogP contribution < -0.4 is 15.2 Å². The van der Waals surface area contributed by atoms with Gasteiger partial charge in [0, 0.05) is 31.3 Å². The normalized spacial score (nSPS) is 13.8. The molecule has 1 aliphatic rings. The fourth-order valence-electron chi connectivity index (χ4n) is 3.55. The zero-order valence-corrected chi connectivity index (χ0v) is 15.9. The third-order valence-corrected chi connectivity index (χ3v) is 4.74. The van der Waals surface area contributed by atoms with E-state index in [1.165, 1.54) is 0 Å². The van der Waals surface area contributed by atoms with E-state index in [9.17, 15) is 4.79 Å². The first-order valence-corrected chi connectivity index (χ1v) is 9.41. The van der Waals surface area contributed by atoms with Crippen molar-refractivity contribution < 1.29 is 14.3 Å². The summed E-state index contributed by atoms with van der Waals surface area (Å²) in [6, 6.07) is 13.4. The lowest BCUT2D eigenvalue weighted by Gasteiger charge is -2.32. The highest BCUT2D eigenvalue weighted by atomic mass is 16.6. The lowest BCUT2D eigenvalue weighted by Crippen LogP contribution is -2.37. The average molecular weight is 390 g/mol. The number of nitrogens with two attached hydrogens (primary N) is 1. The summed E-state index contributed by atoms with van der Waals surface area (Å²) in [6.07, 6.45) is 7.00. The number of pyridine rings is 2. The number of hydrogen-bond acceptors (Lipinski definition) is 6. The number of carbonyl (C=O) groups excluding carboxylic acids is 1. The number of ether oxygens (including phenoxy) is 2. The van der Waals surface area contributed by atoms with Gasteiger partial charge in [0.1, 0.15) is 13.2 Å². The number of fused-ring (bicyclic) bond motifs is 1. The van der Waals surface area contributed by atoms with Gasteiger partial charge in [0.25, 0.3) is 0 Å². The molecule has 29 heavy (non-hydrogen) atoms. The van der Waals surface area contributed by atoms with Crippen molar-refractivity contribution in [3.05, 3.63) is 83.9 Å². The van der Waals surface area contributed by atoms with Gasteiger partial charge in [-0.1, -0.05) is 12.1 Å². The first-order valence-electron chi connectivity index (χ1n) is 9.41. The van der Waals surface area contributed by atoms with Crippen molar-refractivity contribution in [3.63, 3.8) is 0 Å². The van der Waals surface area contributed by atoms with Crippen LogP contribution in [-0.4, -0.2) is 40.5 Å². The van der Waals surface area contributed by atoms with Crippen molar-refractivity contribution in [1.29, 1.82) is 0 Å². The summed E-state index contributed by atoms with van der Waals surface area (Å²) in [4.78, 5) is 22.3. The van der Waals surface area contributed by atoms with Gasteiger partial charge >= 0.3 is 0 Å². The van der Waals surface area contributed by atoms with E-state index in [1.807, 2.05) is 47.4 Å². The van der Waals surface area contributed by atoms with E-state index >= 15 is 0 Å². The van der Waals surface area contributed by atoms with E-state index in [2.05, 4.69) is 9.97 Å². The van der Waals surface area contributed by atoms with Crippen molar-refractivity contribution >= 4 is 5.91 Å². The SMILES string of the molecule is NC(=O)CN(Cc1cccnc1)C(c1ccncc1)c1ccc2c(c1)OCCO2. The van der Waals surface area contributed by atoms with E-state index in [1.54, 1.807) is 24.8 Å². The number of primary amides is 1. The Kier molecular flexibility index (Phi) is 5.67. The van der Waals surface area contributed by atoms with E-state index in [4.69, 9.17) is 15.2 Å². The third-order valence-electron chi connectivity index (χ3n) is 4.74. The monoisotopic (exact) mass is 390 g/mol. The van der Waals surface area contributed by atoms with Crippen LogP contribution in [0.15, 0.2) is 67.3 Å². The van der Waals surface area contributed by atoms with Crippen LogP contribution in [0.5, 0.6) is 11.5 Å². The third kappa shape index (κ3) is 4.52. The number of rotatable bonds is 7. The van der Waals surface area contributed by atoms with Gasteiger partial charge in [-0.15, -0.1) is 0 Å². The van der Waals surface area contributed by atoms with Crippen molar-refractivity contribution in [2.45, 2.75) is 12.6 Å². The predicted molar refractivity (Wildman–Crippen MR) is 107 cm³/mol. The smallest absolute Gasteiger partial charge is 0.231 e. The van der Waals surface area contributed by atoms with E-state index < -0.39 is 5.91 Å². The lowest BCUT2D eigenvalue weighted by molar-refractivity contribution is -0.119. The van der Waals surface area contributed by atoms with E-state index in [-0.39, 0.29) is 12.6 Å². The van der Waals surface area contributed by atoms with Crippen LogP contribution in [0.2, 0.25) is 0 Å². The highest BCUT2D eigenvalue weighted by Crippen LogP contribution is 2.37. The summed E-state index contributed by atoms with van der Waals surface area (Å²) in [7, 11) is 0. The molecule has 0 aliphatic carbocycles. The molecule has 0 saturated carbocycles. The summed E-state index contributed by atoms with van der Waals surface area (Å²) in [5, 5.41) is 0. The molecule has 0 radical (unpaired) electrons. The van der Waals surface area contributed by atoms with Crippen LogP contribution in [0, 0.1) is 0 Å². The van der Waals surface area contributed by atoms with Crippen molar-refractivity contribution in [2.75, 3.05) is 19.8 Å². The van der Waals surface area contributed by atoms with Crippen LogP contribution in [0.4, 0.5) is 0 Å². The molecular weight excluding hydrogens is 368 g/mol. The molecule has 7 heteroatoms. The van der Waals surface area contributed by atoms with Gasteiger partial charge in [-0.25, -0.2) is 0 Å². The summed E-state index contributed by atoms with van der Waals surface area (Å²) in [5.74, 6) is 1.03. The quantitative estimate of drug-likeness (QED) is 0.666. The van der Waals surface area contributed by atoms with Crippen molar-refractivity contribution in [2.24, 2.45) is 5.73 Å². The fraction of sp³-hybridized carbons (Fsp3) is 0.227. The van der Waals surface area contributed by atoms with Crippen LogP contribution in [0.3, 0.4) is 0 Å². The fourth-order valence-corrected chi connectivity index (χ4v) is 3.55. The maximum absolute atomic E-state index is 11.9. The Hall–Kier alpha value is -3.45. The molecule has 3 aromatic rings. The van der Waals surface area contributed by atoms with Gasteiger partial charge in [0.15, 0.2) is 11.5 Å². The minimum atomic E-state index is -0.398. The number of aromatic nitrogens is 2. The van der Waals surface area contributed by atoms with Crippen molar-refractivity contribution in [3.8, 4) is 11.5 Å². The highest BCUT2D eigenvalue weighted by Gasteiger charge is 2.26. The molecule has 1 aromatic carbocycles. The van der Waals surface area contributed by atoms with Crippen LogP contribution in [0.1, 0.15) is 22.7 Å². The summed E-state index contributed by atoms with van der Waals surface area (Å²) in [5.41, 5.74) is 8.57. The number of hydrogen-bond donors (Lipinski definition) is 1. The Labute approximate surface area is 169 Å². The van der Waals surface area contributed by atoms with Gasteiger partial charge in [-0.05, 0) is 47.0 Å². The topological polar surface area (TPSA) is 90.6 Å². The first-order chi connectivity index (χ1) is 14.2. The summed E-state index contributed by atoms with van der Waals surface area (Å²) >= 11 is 0. The molecule has 1 amide bonds. The molecule has 7 nitrogen and oxygen atoms in total. The maximum atomic E-state index is 11.9. The maximum Gasteiger partial charge on any atom is 0.231 e. The second-order valence-corrected chi connectivity index (χ2v) is 6.82. The Morgan fingerprint density at radius 3 is 2.52 bits per heavy atom. The highest BCUT2D eigenvalue weighted by molar-refractivity contribution is 5.76. The Morgan fingerprint density at radius 1 is 1.00 bits per heavy atom. The van der Waals surface area contributed by atoms with Gasteiger partial charge in [0.05, 0.1) is 12.6 Å². The largest absolute Gasteiger partial charge is 0.486 e. The molecule has 0 spiro atoms. The Balaban J connectivity index is 1.76. The molecule has 0 bridgehead atoms. The predicted octanol–water partition coefficient (Wildman–Crippen LogP) is 2.32. The zero-order chi connectivity index (χ0) is 20.1. The Morgan fingerprint density at radius 2 is 1.79 bits per heavy atom. The number of nitrogens with zero attached hydrogens (tertiary/aromatic N) is 3. The zero-order valence-electron chi connectivity index (χ0n) is 15.9. The number of carbonyl (C=O) groups is 1. The minimum absolute atomic E-state index is 0.0936. The number of benzene rings is 1. The van der Waals surface area contributed by atoms with Gasteiger partial charge in [-0.2, -0.15) is 0 Å². The molecule has 2 N–H and O–H groups in total. The van der Waals surface area contributed by atoms with E-state index in [0.717, 1.165) is 22.4 Å². The molecule has 0 saturated heterocycles. The van der Waals surface area contributed by atoms with Crippen LogP contribution in [0.25, 0.3) is 0 Å². The lowest BCUT2D eigenvalue weighted by atomic mass is 9.96. The first kappa shape index (κ1) is 18.9. The summed E-state index contributed by atoms with van der Waals surface area (Å²) < 4.78 is 11.4. The molecule has 1 unspecified atom stereocenters. The van der Waals surface area contributed by atoms with Gasteiger partial charge < -0.3 is 15.2 Å². The Bertz CT molecular complexity index is 966. The minimum Gasteiger partial charge on any atom is -0.486 e. The molecule has 148 valence electrons. The van der Waals surface area contributed by atoms with Crippen LogP contribution >= 0.6 is 0 Å². The molecule has 1 aliphatic heterocycles. The van der Waals surface area contributed by atoms with Crippen LogP contribution in [-0.2, 0) is 11.3 Å². The molecule has 4 rings (SSSR count). The molecular formula is C22H22N4O3. The second-order valence-electron chi connectivity index (χ2n) is 6.82. The molecule has 0 fully saturated rings. The van der Waals surface area contributed by atoms with Gasteiger partial charge in [0.2, 0.25) is 5.91 Å². The number of amides is 1. The van der Waals surface area contributed by atoms with Crippen molar-refractivity contribution in [1.82, 2.24) is 14.9 Å². The molecule has 2 aromatic heterocycles. The average Bonchev–Trinajstić information content (AvgIpc) is 2.75. The second kappa shape index (κ2) is 8.70. The molecule has 3 heterocycles. The standard InChI is InChI=1S/C22H22N4O3/c23-21(27)15-26(14-16-2-1-7-25-13-16)22(17-5-8-24-9-6-17)18-3-4-19-20(12-18)29-11-10-28-19/h1-9,12-13,22H,10-11,14-15H2,(H2,23,27).